The van der Waals surface area contributed by atoms with Crippen LogP contribution < -0.4 is 66.7 Å². The molecule has 1 aromatic carbocycles. The molecule has 0 aromatic heterocycles. The number of aliphatic imine (C=N–C) groups is 3. The van der Waals surface area contributed by atoms with E-state index in [2.05, 4.69) is 41.6 Å². The van der Waals surface area contributed by atoms with Gasteiger partial charge in [-0.3, -0.25) is 38.9 Å². The van der Waals surface area contributed by atoms with Gasteiger partial charge >= 0.3 is 0 Å². The Labute approximate surface area is 309 Å². The number of unbranched alkanes of at least 4 members (excludes halogenated alkanes) is 1. The van der Waals surface area contributed by atoms with Gasteiger partial charge in [-0.05, 0) is 69.9 Å². The van der Waals surface area contributed by atoms with Crippen LogP contribution in [-0.4, -0.2) is 104 Å². The normalized spacial score (nSPS) is 21.3. The minimum absolute atomic E-state index is 0.0601. The second-order valence-electron chi connectivity index (χ2n) is 12.6. The van der Waals surface area contributed by atoms with Crippen molar-refractivity contribution in [2.75, 3.05) is 26.2 Å². The predicted molar refractivity (Wildman–Crippen MR) is 202 cm³/mol. The zero-order valence-corrected chi connectivity index (χ0v) is 30.1. The van der Waals surface area contributed by atoms with Gasteiger partial charge in [-0.15, -0.1) is 0 Å². The number of amides is 5. The Morgan fingerprint density at radius 1 is 0.472 bits per heavy atom. The van der Waals surface area contributed by atoms with Crippen LogP contribution in [0, 0.1) is 0 Å². The minimum Gasteiger partial charge on any atom is -0.370 e. The number of rotatable bonds is 18. The molecule has 0 aliphatic carbocycles. The van der Waals surface area contributed by atoms with Crippen molar-refractivity contribution in [3.05, 3.63) is 35.9 Å². The largest absolute Gasteiger partial charge is 0.370 e. The molecule has 0 radical (unpaired) electrons. The summed E-state index contributed by atoms with van der Waals surface area (Å²) in [7, 11) is 0. The molecule has 1 aliphatic heterocycles. The number of guanidine groups is 3. The highest BCUT2D eigenvalue weighted by atomic mass is 16.2. The number of nitrogens with one attached hydrogen (secondary N) is 5. The van der Waals surface area contributed by atoms with Gasteiger partial charge in [0, 0.05) is 26.1 Å². The highest BCUT2D eigenvalue weighted by molar-refractivity contribution is 5.98. The molecule has 53 heavy (non-hydrogen) atoms. The van der Waals surface area contributed by atoms with Crippen molar-refractivity contribution in [2.45, 2.75) is 94.4 Å². The molecule has 1 aromatic rings. The first-order valence-electron chi connectivity index (χ1n) is 17.7. The second kappa shape index (κ2) is 23.7. The highest BCUT2D eigenvalue weighted by Gasteiger charge is 2.34. The number of nitrogens with zero attached hydrogens (tertiary/aromatic N) is 3. The van der Waals surface area contributed by atoms with E-state index in [1.807, 2.05) is 6.07 Å². The molecular weight excluding hydrogens is 686 g/mol. The SMILES string of the molecule is NCCCC[C@@H]1NC(=O)[C@H](CCCN=C(N)N)NC(=O)[C@H](Cc2ccccc2)NC(=O)[C@H](CCCN=C(N)N)NC(=O)[C@@H](CCCN=C(N)N)NC1=O. The second-order valence-corrected chi connectivity index (χ2v) is 12.6. The Morgan fingerprint density at radius 3 is 1.13 bits per heavy atom. The first kappa shape index (κ1) is 43.5. The average Bonchev–Trinajstić information content (AvgIpc) is 3.10. The quantitative estimate of drug-likeness (QED) is 0.0388. The van der Waals surface area contributed by atoms with Gasteiger partial charge < -0.3 is 66.7 Å². The van der Waals surface area contributed by atoms with Crippen molar-refractivity contribution in [3.8, 4) is 0 Å². The van der Waals surface area contributed by atoms with E-state index in [-0.39, 0.29) is 82.5 Å². The summed E-state index contributed by atoms with van der Waals surface area (Å²) in [6.45, 7) is 0.853. The summed E-state index contributed by atoms with van der Waals surface area (Å²) in [6, 6.07) is 3.23. The van der Waals surface area contributed by atoms with Crippen LogP contribution >= 0.6 is 0 Å². The van der Waals surface area contributed by atoms with Crippen molar-refractivity contribution in [1.82, 2.24) is 26.6 Å². The third-order valence-corrected chi connectivity index (χ3v) is 8.23. The molecule has 0 unspecified atom stereocenters. The van der Waals surface area contributed by atoms with Crippen molar-refractivity contribution in [1.29, 1.82) is 0 Å². The summed E-state index contributed by atoms with van der Waals surface area (Å²) in [5, 5.41) is 13.8. The fourth-order valence-corrected chi connectivity index (χ4v) is 5.50. The van der Waals surface area contributed by atoms with Crippen LogP contribution in [-0.2, 0) is 30.4 Å². The number of nitrogens with two attached hydrogens (primary N) is 7. The zero-order chi connectivity index (χ0) is 39.2. The molecule has 294 valence electrons. The Kier molecular flexibility index (Phi) is 19.5. The van der Waals surface area contributed by atoms with E-state index in [0.717, 1.165) is 5.56 Å². The lowest BCUT2D eigenvalue weighted by Gasteiger charge is -2.26. The van der Waals surface area contributed by atoms with E-state index >= 15 is 0 Å². The van der Waals surface area contributed by atoms with E-state index in [1.54, 1.807) is 24.3 Å². The summed E-state index contributed by atoms with van der Waals surface area (Å²) in [5.41, 5.74) is 39.2. The standard InChI is InChI=1S/C33H57N15O5/c34-15-5-4-11-21-26(49)45-22(12-6-16-41-31(35)36)27(50)46-24(14-8-18-43-33(39)40)29(52)48-25(19-20-9-2-1-3-10-20)30(53)47-23(28(51)44-21)13-7-17-42-32(37)38/h1-3,9-10,21-25H,4-8,11-19,34H2,(H,44,51)(H,45,49)(H,46,50)(H,47,53)(H,48,52)(H4,35,36,41)(H4,37,38,42)(H4,39,40,43)/t21-,22+,23-,24-,25-/m0/s1. The van der Waals surface area contributed by atoms with E-state index in [9.17, 15) is 24.0 Å². The topological polar surface area (TPSA) is 365 Å². The Bertz CT molecular complexity index is 1430. The number of benzene rings is 1. The van der Waals surface area contributed by atoms with Crippen LogP contribution in [0.15, 0.2) is 45.3 Å². The van der Waals surface area contributed by atoms with Gasteiger partial charge in [0.2, 0.25) is 29.5 Å². The molecule has 0 saturated carbocycles. The molecule has 5 atom stereocenters. The first-order chi connectivity index (χ1) is 25.3. The number of carbonyl (C=O) groups excluding carboxylic acids is 5. The molecule has 1 heterocycles. The summed E-state index contributed by atoms with van der Waals surface area (Å²) in [5.74, 6) is -3.71. The lowest BCUT2D eigenvalue weighted by Crippen LogP contribution is -2.58. The summed E-state index contributed by atoms with van der Waals surface area (Å²) in [4.78, 5) is 81.3. The molecule has 20 nitrogen and oxygen atoms in total. The molecular formula is C33H57N15O5. The molecule has 0 bridgehead atoms. The maximum absolute atomic E-state index is 14.0. The molecule has 20 heteroatoms. The number of hydrogen-bond acceptors (Lipinski definition) is 9. The van der Waals surface area contributed by atoms with Crippen LogP contribution in [0.3, 0.4) is 0 Å². The molecule has 19 N–H and O–H groups in total. The summed E-state index contributed by atoms with van der Waals surface area (Å²) < 4.78 is 0. The van der Waals surface area contributed by atoms with E-state index < -0.39 is 59.7 Å². The minimum atomic E-state index is -1.17. The van der Waals surface area contributed by atoms with Crippen LogP contribution in [0.5, 0.6) is 0 Å². The summed E-state index contributed by atoms with van der Waals surface area (Å²) >= 11 is 0. The fraction of sp³-hybridized carbons (Fsp3) is 0.576. The van der Waals surface area contributed by atoms with Crippen molar-refractivity contribution in [3.63, 3.8) is 0 Å². The number of carbonyl (C=O) groups is 5. The van der Waals surface area contributed by atoms with Crippen molar-refractivity contribution < 1.29 is 24.0 Å². The van der Waals surface area contributed by atoms with Crippen LogP contribution in [0.1, 0.15) is 63.4 Å². The van der Waals surface area contributed by atoms with E-state index in [0.29, 0.717) is 25.8 Å². The van der Waals surface area contributed by atoms with Gasteiger partial charge in [0.05, 0.1) is 0 Å². The van der Waals surface area contributed by atoms with Gasteiger partial charge in [-0.1, -0.05) is 30.3 Å². The molecule has 2 rings (SSSR count). The van der Waals surface area contributed by atoms with Crippen LogP contribution in [0.25, 0.3) is 0 Å². The monoisotopic (exact) mass is 743 g/mol. The molecule has 1 saturated heterocycles. The van der Waals surface area contributed by atoms with Gasteiger partial charge in [-0.25, -0.2) is 0 Å². The lowest BCUT2D eigenvalue weighted by atomic mass is 10.0. The fourth-order valence-electron chi connectivity index (χ4n) is 5.50. The third-order valence-electron chi connectivity index (χ3n) is 8.23. The predicted octanol–water partition coefficient (Wildman–Crippen LogP) is -4.04. The van der Waals surface area contributed by atoms with Gasteiger partial charge in [0.1, 0.15) is 30.2 Å². The van der Waals surface area contributed by atoms with Gasteiger partial charge in [0.15, 0.2) is 17.9 Å². The van der Waals surface area contributed by atoms with E-state index in [1.165, 1.54) is 0 Å². The van der Waals surface area contributed by atoms with Crippen LogP contribution in [0.2, 0.25) is 0 Å². The Morgan fingerprint density at radius 2 is 0.792 bits per heavy atom. The maximum Gasteiger partial charge on any atom is 0.243 e. The average molecular weight is 744 g/mol. The summed E-state index contributed by atoms with van der Waals surface area (Å²) in [6.07, 6.45) is 2.43. The van der Waals surface area contributed by atoms with Crippen LogP contribution in [0.4, 0.5) is 0 Å². The smallest absolute Gasteiger partial charge is 0.243 e. The van der Waals surface area contributed by atoms with E-state index in [4.69, 9.17) is 40.1 Å². The molecule has 1 fully saturated rings. The van der Waals surface area contributed by atoms with Crippen molar-refractivity contribution in [2.24, 2.45) is 55.1 Å². The van der Waals surface area contributed by atoms with Gasteiger partial charge in [-0.2, -0.15) is 0 Å². The Hall–Kier alpha value is -5.66. The maximum atomic E-state index is 14.0. The number of hydrogen-bond donors (Lipinski definition) is 12. The lowest BCUT2D eigenvalue weighted by molar-refractivity contribution is -0.134. The molecule has 1 aliphatic rings. The third kappa shape index (κ3) is 17.4. The highest BCUT2D eigenvalue weighted by Crippen LogP contribution is 2.11. The molecule has 0 spiro atoms. The zero-order valence-electron chi connectivity index (χ0n) is 30.1. The Balaban J connectivity index is 2.61. The van der Waals surface area contributed by atoms with Gasteiger partial charge in [0.25, 0.3) is 0 Å². The molecule has 5 amide bonds. The first-order valence-corrected chi connectivity index (χ1v) is 17.7. The van der Waals surface area contributed by atoms with Crippen molar-refractivity contribution >= 4 is 47.4 Å².